The highest BCUT2D eigenvalue weighted by molar-refractivity contribution is 5.95. The summed E-state index contributed by atoms with van der Waals surface area (Å²) in [7, 11) is 0. The summed E-state index contributed by atoms with van der Waals surface area (Å²) in [5, 5.41) is 0. The number of hydrogen-bond donors (Lipinski definition) is 0. The molecule has 0 N–H and O–H groups in total. The van der Waals surface area contributed by atoms with Gasteiger partial charge in [-0.15, -0.1) is 0 Å². The molecule has 1 unspecified atom stereocenters. The Hall–Kier alpha value is -2.43. The van der Waals surface area contributed by atoms with E-state index in [4.69, 9.17) is 0 Å². The summed E-state index contributed by atoms with van der Waals surface area (Å²) in [5.41, 5.74) is 2.92. The van der Waals surface area contributed by atoms with E-state index in [1.54, 1.807) is 12.5 Å². The summed E-state index contributed by atoms with van der Waals surface area (Å²) in [5.74, 6) is 0.101. The average Bonchev–Trinajstić information content (AvgIpc) is 3.34. The zero-order valence-electron chi connectivity index (χ0n) is 13.8. The summed E-state index contributed by atoms with van der Waals surface area (Å²) in [6.45, 7) is 3.03. The summed E-state index contributed by atoms with van der Waals surface area (Å²) in [4.78, 5) is 25.6. The average molecular weight is 322 g/mol. The fourth-order valence-corrected chi connectivity index (χ4v) is 3.77. The van der Waals surface area contributed by atoms with Gasteiger partial charge < -0.3 is 9.80 Å². The monoisotopic (exact) mass is 322 g/mol. The van der Waals surface area contributed by atoms with Gasteiger partial charge in [-0.25, -0.2) is 9.97 Å². The molecule has 0 saturated carbocycles. The van der Waals surface area contributed by atoms with E-state index in [0.717, 1.165) is 43.7 Å². The van der Waals surface area contributed by atoms with Crippen LogP contribution in [0.15, 0.2) is 42.9 Å². The molecule has 0 bridgehead atoms. The number of hydrogen-bond acceptors (Lipinski definition) is 4. The molecule has 0 spiro atoms. The molecule has 1 aromatic heterocycles. The van der Waals surface area contributed by atoms with Crippen LogP contribution in [-0.2, 0) is 0 Å². The molecule has 4 rings (SSSR count). The largest absolute Gasteiger partial charge is 0.372 e. The van der Waals surface area contributed by atoms with Gasteiger partial charge in [0.25, 0.3) is 5.91 Å². The Morgan fingerprint density at radius 3 is 2.50 bits per heavy atom. The highest BCUT2D eigenvalue weighted by Crippen LogP contribution is 2.32. The third kappa shape index (κ3) is 2.86. The van der Waals surface area contributed by atoms with Crippen molar-refractivity contribution < 1.29 is 4.79 Å². The molecule has 2 aliphatic rings. The number of carbonyl (C=O) groups excluding carboxylic acids is 1. The maximum atomic E-state index is 12.9. The fraction of sp³-hybridized carbons (Fsp3) is 0.421. The first-order valence-electron chi connectivity index (χ1n) is 8.75. The SMILES string of the molecule is O=C(c1ccc(N2CCCC2)cc1)N1CCCC1c1ccncn1. The molecular formula is C19H22N4O. The third-order valence-corrected chi connectivity index (χ3v) is 5.05. The minimum Gasteiger partial charge on any atom is -0.372 e. The van der Waals surface area contributed by atoms with E-state index in [0.29, 0.717) is 0 Å². The van der Waals surface area contributed by atoms with Crippen LogP contribution in [0.5, 0.6) is 0 Å². The molecule has 2 fully saturated rings. The highest BCUT2D eigenvalue weighted by atomic mass is 16.2. The molecule has 5 nitrogen and oxygen atoms in total. The van der Waals surface area contributed by atoms with Gasteiger partial charge in [0.05, 0.1) is 11.7 Å². The predicted octanol–water partition coefficient (Wildman–Crippen LogP) is 3.05. The Morgan fingerprint density at radius 1 is 1.00 bits per heavy atom. The number of likely N-dealkylation sites (tertiary alicyclic amines) is 1. The summed E-state index contributed by atoms with van der Waals surface area (Å²) >= 11 is 0. The van der Waals surface area contributed by atoms with Gasteiger partial charge in [0, 0.05) is 37.1 Å². The maximum Gasteiger partial charge on any atom is 0.254 e. The minimum absolute atomic E-state index is 0.0683. The standard InChI is InChI=1S/C19H22N4O/c24-19(15-5-7-16(8-6-15)22-11-1-2-12-22)23-13-3-4-18(23)17-9-10-20-14-21-17/h5-10,14,18H,1-4,11-13H2. The number of carbonyl (C=O) groups is 1. The van der Waals surface area contributed by atoms with Crippen LogP contribution >= 0.6 is 0 Å². The second-order valence-corrected chi connectivity index (χ2v) is 6.53. The fourth-order valence-electron chi connectivity index (χ4n) is 3.77. The lowest BCUT2D eigenvalue weighted by Crippen LogP contribution is -2.31. The Bertz CT molecular complexity index is 695. The van der Waals surface area contributed by atoms with Crippen molar-refractivity contribution in [1.29, 1.82) is 0 Å². The lowest BCUT2D eigenvalue weighted by molar-refractivity contribution is 0.0733. The van der Waals surface area contributed by atoms with Crippen molar-refractivity contribution in [1.82, 2.24) is 14.9 Å². The third-order valence-electron chi connectivity index (χ3n) is 5.05. The van der Waals surface area contributed by atoms with Crippen molar-refractivity contribution in [2.24, 2.45) is 0 Å². The molecule has 1 aromatic carbocycles. The van der Waals surface area contributed by atoms with Crippen molar-refractivity contribution >= 4 is 11.6 Å². The zero-order chi connectivity index (χ0) is 16.4. The molecule has 0 aliphatic carbocycles. The van der Waals surface area contributed by atoms with Crippen LogP contribution in [0.1, 0.15) is 47.8 Å². The number of rotatable bonds is 3. The summed E-state index contributed by atoms with van der Waals surface area (Å²) in [6.07, 6.45) is 7.81. The quantitative estimate of drug-likeness (QED) is 0.871. The van der Waals surface area contributed by atoms with Crippen LogP contribution in [0.4, 0.5) is 5.69 Å². The van der Waals surface area contributed by atoms with E-state index in [1.165, 1.54) is 18.5 Å². The molecule has 3 heterocycles. The molecule has 1 atom stereocenters. The second kappa shape index (κ2) is 6.59. The second-order valence-electron chi connectivity index (χ2n) is 6.53. The lowest BCUT2D eigenvalue weighted by Gasteiger charge is -2.24. The van der Waals surface area contributed by atoms with Gasteiger partial charge in [0.15, 0.2) is 0 Å². The van der Waals surface area contributed by atoms with Crippen molar-refractivity contribution in [3.63, 3.8) is 0 Å². The number of benzene rings is 1. The summed E-state index contributed by atoms with van der Waals surface area (Å²) < 4.78 is 0. The Kier molecular flexibility index (Phi) is 4.15. The minimum atomic E-state index is 0.0683. The van der Waals surface area contributed by atoms with Gasteiger partial charge in [0.1, 0.15) is 6.33 Å². The number of aromatic nitrogens is 2. The summed E-state index contributed by atoms with van der Waals surface area (Å²) in [6, 6.07) is 10.1. The van der Waals surface area contributed by atoms with E-state index in [9.17, 15) is 4.79 Å². The van der Waals surface area contributed by atoms with Gasteiger partial charge in [-0.3, -0.25) is 4.79 Å². The molecule has 2 aromatic rings. The van der Waals surface area contributed by atoms with Gasteiger partial charge >= 0.3 is 0 Å². The Labute approximate surface area is 142 Å². The number of anilines is 1. The van der Waals surface area contributed by atoms with Crippen molar-refractivity contribution in [2.45, 2.75) is 31.7 Å². The lowest BCUT2D eigenvalue weighted by atomic mass is 10.1. The van der Waals surface area contributed by atoms with Crippen LogP contribution < -0.4 is 4.90 Å². The smallest absolute Gasteiger partial charge is 0.254 e. The van der Waals surface area contributed by atoms with Crippen molar-refractivity contribution in [2.75, 3.05) is 24.5 Å². The predicted molar refractivity (Wildman–Crippen MR) is 92.9 cm³/mol. The molecular weight excluding hydrogens is 300 g/mol. The van der Waals surface area contributed by atoms with E-state index >= 15 is 0 Å². The van der Waals surface area contributed by atoms with E-state index in [1.807, 2.05) is 23.1 Å². The van der Waals surface area contributed by atoms with Gasteiger partial charge in [-0.05, 0) is 56.0 Å². The molecule has 2 saturated heterocycles. The van der Waals surface area contributed by atoms with E-state index < -0.39 is 0 Å². The van der Waals surface area contributed by atoms with E-state index in [-0.39, 0.29) is 11.9 Å². The van der Waals surface area contributed by atoms with Crippen molar-refractivity contribution in [3.05, 3.63) is 54.1 Å². The highest BCUT2D eigenvalue weighted by Gasteiger charge is 2.31. The first kappa shape index (κ1) is 15.1. The van der Waals surface area contributed by atoms with Crippen LogP contribution in [0.2, 0.25) is 0 Å². The molecule has 124 valence electrons. The molecule has 1 amide bonds. The van der Waals surface area contributed by atoms with Crippen LogP contribution in [0, 0.1) is 0 Å². The van der Waals surface area contributed by atoms with Crippen molar-refractivity contribution in [3.8, 4) is 0 Å². The van der Waals surface area contributed by atoms with Gasteiger partial charge in [-0.1, -0.05) is 0 Å². The normalized spacial score (nSPS) is 20.6. The van der Waals surface area contributed by atoms with E-state index in [2.05, 4.69) is 27.0 Å². The topological polar surface area (TPSA) is 49.3 Å². The molecule has 24 heavy (non-hydrogen) atoms. The van der Waals surface area contributed by atoms with Crippen LogP contribution in [-0.4, -0.2) is 40.4 Å². The first-order valence-corrected chi connectivity index (χ1v) is 8.75. The molecule has 0 radical (unpaired) electrons. The zero-order valence-corrected chi connectivity index (χ0v) is 13.8. The Balaban J connectivity index is 1.52. The number of amides is 1. The maximum absolute atomic E-state index is 12.9. The van der Waals surface area contributed by atoms with Crippen LogP contribution in [0.3, 0.4) is 0 Å². The van der Waals surface area contributed by atoms with Gasteiger partial charge in [0.2, 0.25) is 0 Å². The molecule has 5 heteroatoms. The number of nitrogens with zero attached hydrogens (tertiary/aromatic N) is 4. The molecule has 2 aliphatic heterocycles. The Morgan fingerprint density at radius 2 is 1.79 bits per heavy atom. The van der Waals surface area contributed by atoms with Crippen LogP contribution in [0.25, 0.3) is 0 Å². The van der Waals surface area contributed by atoms with Gasteiger partial charge in [-0.2, -0.15) is 0 Å². The first-order chi connectivity index (χ1) is 11.8.